The Bertz CT molecular complexity index is 854. The summed E-state index contributed by atoms with van der Waals surface area (Å²) in [5.41, 5.74) is 4.88. The Morgan fingerprint density at radius 1 is 1.23 bits per heavy atom. The number of carbonyl (C=O) groups excluding carboxylic acids is 1. The molecule has 0 aliphatic carbocycles. The molecular formula is C14H14ClN3O4. The summed E-state index contributed by atoms with van der Waals surface area (Å²) in [6.45, 7) is -0.0809. The second-order valence-electron chi connectivity index (χ2n) is 4.67. The first-order chi connectivity index (χ1) is 10.3. The maximum absolute atomic E-state index is 11.8. The number of nitrogens with zero attached hydrogens (tertiary/aromatic N) is 2. The van der Waals surface area contributed by atoms with E-state index in [2.05, 4.69) is 0 Å². The molecule has 1 aromatic heterocycles. The van der Waals surface area contributed by atoms with Gasteiger partial charge >= 0.3 is 5.69 Å². The van der Waals surface area contributed by atoms with Crippen LogP contribution < -0.4 is 21.7 Å². The first-order valence-corrected chi connectivity index (χ1v) is 6.67. The van der Waals surface area contributed by atoms with Crippen molar-refractivity contribution < 1.29 is 9.53 Å². The fourth-order valence-corrected chi connectivity index (χ4v) is 2.05. The Kier molecular flexibility index (Phi) is 4.37. The molecule has 0 bridgehead atoms. The number of benzene rings is 1. The molecule has 2 N–H and O–H groups in total. The first-order valence-electron chi connectivity index (χ1n) is 6.29. The third-order valence-corrected chi connectivity index (χ3v) is 3.45. The van der Waals surface area contributed by atoms with E-state index in [1.165, 1.54) is 42.9 Å². The second kappa shape index (κ2) is 6.07. The SMILES string of the molecule is Cn1c(COc2cc(Cl)ccc2C(N)=O)cc(=O)n(C)c1=O. The zero-order valence-corrected chi connectivity index (χ0v) is 12.8. The number of ether oxygens (including phenoxy) is 1. The summed E-state index contributed by atoms with van der Waals surface area (Å²) in [5, 5.41) is 0.373. The lowest BCUT2D eigenvalue weighted by Gasteiger charge is -2.13. The summed E-state index contributed by atoms with van der Waals surface area (Å²) >= 11 is 5.87. The Morgan fingerprint density at radius 3 is 2.55 bits per heavy atom. The smallest absolute Gasteiger partial charge is 0.330 e. The molecule has 0 aliphatic rings. The van der Waals surface area contributed by atoms with Crippen molar-refractivity contribution >= 4 is 17.5 Å². The van der Waals surface area contributed by atoms with Crippen LogP contribution in [-0.2, 0) is 20.7 Å². The fourth-order valence-electron chi connectivity index (χ4n) is 1.89. The molecule has 0 atom stereocenters. The highest BCUT2D eigenvalue weighted by Gasteiger charge is 2.12. The number of primary amides is 1. The number of nitrogens with two attached hydrogens (primary N) is 1. The quantitative estimate of drug-likeness (QED) is 0.881. The van der Waals surface area contributed by atoms with Crippen molar-refractivity contribution in [3.63, 3.8) is 0 Å². The normalized spacial score (nSPS) is 10.5. The zero-order chi connectivity index (χ0) is 16.4. The van der Waals surface area contributed by atoms with Gasteiger partial charge in [-0.05, 0) is 18.2 Å². The van der Waals surface area contributed by atoms with Crippen LogP contribution >= 0.6 is 11.6 Å². The van der Waals surface area contributed by atoms with E-state index < -0.39 is 17.2 Å². The summed E-state index contributed by atoms with van der Waals surface area (Å²) in [6.07, 6.45) is 0. The molecule has 1 amide bonds. The van der Waals surface area contributed by atoms with Crippen LogP contribution in [0, 0.1) is 0 Å². The van der Waals surface area contributed by atoms with E-state index >= 15 is 0 Å². The highest BCUT2D eigenvalue weighted by atomic mass is 35.5. The van der Waals surface area contributed by atoms with Crippen molar-refractivity contribution in [2.24, 2.45) is 19.8 Å². The van der Waals surface area contributed by atoms with Gasteiger partial charge in [0.2, 0.25) is 0 Å². The van der Waals surface area contributed by atoms with Crippen molar-refractivity contribution in [1.82, 2.24) is 9.13 Å². The van der Waals surface area contributed by atoms with Crippen LogP contribution in [-0.4, -0.2) is 15.0 Å². The molecule has 0 saturated carbocycles. The Labute approximate surface area is 130 Å². The van der Waals surface area contributed by atoms with Gasteiger partial charge in [0.1, 0.15) is 12.4 Å². The molecule has 0 unspecified atom stereocenters. The third kappa shape index (κ3) is 3.04. The van der Waals surface area contributed by atoms with Gasteiger partial charge < -0.3 is 10.5 Å². The molecule has 1 heterocycles. The van der Waals surface area contributed by atoms with E-state index in [0.29, 0.717) is 10.7 Å². The van der Waals surface area contributed by atoms with Gasteiger partial charge in [-0.1, -0.05) is 11.6 Å². The summed E-state index contributed by atoms with van der Waals surface area (Å²) in [6, 6.07) is 5.70. The topological polar surface area (TPSA) is 96.3 Å². The van der Waals surface area contributed by atoms with Crippen LogP contribution in [0.25, 0.3) is 0 Å². The number of rotatable bonds is 4. The minimum atomic E-state index is -0.662. The number of hydrogen-bond acceptors (Lipinski definition) is 4. The van der Waals surface area contributed by atoms with Gasteiger partial charge in [-0.15, -0.1) is 0 Å². The molecule has 0 spiro atoms. The molecule has 0 saturated heterocycles. The average Bonchev–Trinajstić information content (AvgIpc) is 2.47. The van der Waals surface area contributed by atoms with Crippen molar-refractivity contribution in [1.29, 1.82) is 0 Å². The van der Waals surface area contributed by atoms with Gasteiger partial charge in [0, 0.05) is 25.2 Å². The second-order valence-corrected chi connectivity index (χ2v) is 5.10. The van der Waals surface area contributed by atoms with Gasteiger partial charge in [0.25, 0.3) is 11.5 Å². The highest BCUT2D eigenvalue weighted by Crippen LogP contribution is 2.23. The predicted octanol–water partition coefficient (Wildman–Crippen LogP) is 0.415. The zero-order valence-electron chi connectivity index (χ0n) is 12.0. The summed E-state index contributed by atoms with van der Waals surface area (Å²) < 4.78 is 7.77. The lowest BCUT2D eigenvalue weighted by molar-refractivity contribution is 0.0996. The standard InChI is InChI=1S/C14H14ClN3O4/c1-17-9(6-12(19)18(2)14(17)21)7-22-11-5-8(15)3-4-10(11)13(16)20/h3-6H,7H2,1-2H3,(H2,16,20). The number of carbonyl (C=O) groups is 1. The number of aromatic nitrogens is 2. The number of amides is 1. The van der Waals surface area contributed by atoms with Gasteiger partial charge in [-0.25, -0.2) is 4.79 Å². The van der Waals surface area contributed by atoms with E-state index in [1.54, 1.807) is 0 Å². The van der Waals surface area contributed by atoms with E-state index in [1.807, 2.05) is 0 Å². The molecular weight excluding hydrogens is 310 g/mol. The monoisotopic (exact) mass is 323 g/mol. The average molecular weight is 324 g/mol. The molecule has 116 valence electrons. The molecule has 7 nitrogen and oxygen atoms in total. The third-order valence-electron chi connectivity index (χ3n) is 3.21. The molecule has 0 aliphatic heterocycles. The van der Waals surface area contributed by atoms with Crippen molar-refractivity contribution in [2.75, 3.05) is 0 Å². The van der Waals surface area contributed by atoms with Crippen LogP contribution in [0.3, 0.4) is 0 Å². The Morgan fingerprint density at radius 2 is 1.91 bits per heavy atom. The maximum Gasteiger partial charge on any atom is 0.330 e. The summed E-state index contributed by atoms with van der Waals surface area (Å²) in [4.78, 5) is 34.8. The number of hydrogen-bond donors (Lipinski definition) is 1. The van der Waals surface area contributed by atoms with Crippen molar-refractivity contribution in [3.8, 4) is 5.75 Å². The van der Waals surface area contributed by atoms with Gasteiger partial charge in [0.15, 0.2) is 0 Å². The molecule has 0 fully saturated rings. The van der Waals surface area contributed by atoms with Crippen molar-refractivity contribution in [3.05, 3.63) is 61.4 Å². The van der Waals surface area contributed by atoms with E-state index in [-0.39, 0.29) is 17.9 Å². The van der Waals surface area contributed by atoms with Crippen LogP contribution in [0.5, 0.6) is 5.75 Å². The van der Waals surface area contributed by atoms with Gasteiger partial charge in [-0.3, -0.25) is 18.7 Å². The first kappa shape index (κ1) is 15.8. The van der Waals surface area contributed by atoms with E-state index in [4.69, 9.17) is 22.1 Å². The van der Waals surface area contributed by atoms with E-state index in [0.717, 1.165) is 4.57 Å². The van der Waals surface area contributed by atoms with Gasteiger partial charge in [0.05, 0.1) is 11.3 Å². The lowest BCUT2D eigenvalue weighted by Crippen LogP contribution is -2.38. The Hall–Kier alpha value is -2.54. The Balaban J connectivity index is 2.36. The van der Waals surface area contributed by atoms with E-state index in [9.17, 15) is 14.4 Å². The molecule has 2 rings (SSSR count). The minimum Gasteiger partial charge on any atom is -0.486 e. The fraction of sp³-hybridized carbons (Fsp3) is 0.214. The lowest BCUT2D eigenvalue weighted by atomic mass is 10.2. The molecule has 1 aromatic carbocycles. The molecule has 8 heteroatoms. The van der Waals surface area contributed by atoms with Gasteiger partial charge in [-0.2, -0.15) is 0 Å². The molecule has 22 heavy (non-hydrogen) atoms. The largest absolute Gasteiger partial charge is 0.486 e. The predicted molar refractivity (Wildman–Crippen MR) is 81.2 cm³/mol. The maximum atomic E-state index is 11.8. The minimum absolute atomic E-state index is 0.0809. The van der Waals surface area contributed by atoms with Crippen LogP contribution in [0.15, 0.2) is 33.9 Å². The molecule has 2 aromatic rings. The molecule has 0 radical (unpaired) electrons. The van der Waals surface area contributed by atoms with Crippen LogP contribution in [0.4, 0.5) is 0 Å². The summed E-state index contributed by atoms with van der Waals surface area (Å²) in [5.74, 6) is -0.474. The van der Waals surface area contributed by atoms with Crippen molar-refractivity contribution in [2.45, 2.75) is 6.61 Å². The number of halogens is 1. The summed E-state index contributed by atoms with van der Waals surface area (Å²) in [7, 11) is 2.91. The highest BCUT2D eigenvalue weighted by molar-refractivity contribution is 6.30. The van der Waals surface area contributed by atoms with Crippen LogP contribution in [0.2, 0.25) is 5.02 Å². The van der Waals surface area contributed by atoms with Crippen LogP contribution in [0.1, 0.15) is 16.1 Å².